The minimum absolute atomic E-state index is 0.281. The standard InChI is InChI=1S/C20H26N2O2/c1-3-19-17(14-23)8-11-22(19)13-18-12-16(4-5-20(18)24-2)15-6-9-21-10-7-15/h4-7,9-10,12,17,19,23H,3,8,11,13-14H2,1-2H3. The molecule has 3 rings (SSSR count). The maximum absolute atomic E-state index is 9.59. The second-order valence-electron chi connectivity index (χ2n) is 6.44. The van der Waals surface area contributed by atoms with E-state index in [4.69, 9.17) is 4.74 Å². The molecule has 0 radical (unpaired) electrons. The third kappa shape index (κ3) is 3.45. The molecule has 4 heteroatoms. The summed E-state index contributed by atoms with van der Waals surface area (Å²) in [6.45, 7) is 4.38. The maximum Gasteiger partial charge on any atom is 0.123 e. The van der Waals surface area contributed by atoms with Crippen LogP contribution >= 0.6 is 0 Å². The molecule has 1 fully saturated rings. The van der Waals surface area contributed by atoms with Crippen molar-refractivity contribution < 1.29 is 9.84 Å². The van der Waals surface area contributed by atoms with Crippen LogP contribution in [0.2, 0.25) is 0 Å². The van der Waals surface area contributed by atoms with Crippen molar-refractivity contribution >= 4 is 0 Å². The summed E-state index contributed by atoms with van der Waals surface area (Å²) in [7, 11) is 1.72. The molecule has 4 nitrogen and oxygen atoms in total. The molecule has 2 aromatic rings. The number of aliphatic hydroxyl groups excluding tert-OH is 1. The van der Waals surface area contributed by atoms with Crippen LogP contribution in [0.1, 0.15) is 25.3 Å². The minimum atomic E-state index is 0.281. The Hall–Kier alpha value is -1.91. The fourth-order valence-corrected chi connectivity index (χ4v) is 3.83. The van der Waals surface area contributed by atoms with Crippen molar-refractivity contribution in [2.24, 2.45) is 5.92 Å². The van der Waals surface area contributed by atoms with Gasteiger partial charge in [-0.1, -0.05) is 13.0 Å². The molecule has 1 aromatic heterocycles. The van der Waals surface area contributed by atoms with Gasteiger partial charge in [0.2, 0.25) is 0 Å². The van der Waals surface area contributed by atoms with Crippen molar-refractivity contribution in [3.8, 4) is 16.9 Å². The third-order valence-corrected chi connectivity index (χ3v) is 5.12. The van der Waals surface area contributed by atoms with Gasteiger partial charge in [-0.15, -0.1) is 0 Å². The molecule has 128 valence electrons. The Labute approximate surface area is 144 Å². The first-order valence-electron chi connectivity index (χ1n) is 8.69. The van der Waals surface area contributed by atoms with Gasteiger partial charge in [0, 0.05) is 37.2 Å². The average Bonchev–Trinajstić information content (AvgIpc) is 3.04. The second-order valence-corrected chi connectivity index (χ2v) is 6.44. The Morgan fingerprint density at radius 3 is 2.67 bits per heavy atom. The lowest BCUT2D eigenvalue weighted by atomic mass is 9.99. The zero-order valence-corrected chi connectivity index (χ0v) is 14.5. The number of aliphatic hydroxyl groups is 1. The Morgan fingerprint density at radius 2 is 2.00 bits per heavy atom. The second kappa shape index (κ2) is 7.77. The van der Waals surface area contributed by atoms with Crippen molar-refractivity contribution in [2.45, 2.75) is 32.4 Å². The molecule has 0 spiro atoms. The van der Waals surface area contributed by atoms with Gasteiger partial charge in [-0.05, 0) is 60.7 Å². The molecular formula is C20H26N2O2. The van der Waals surface area contributed by atoms with Crippen LogP contribution in [-0.4, -0.2) is 41.3 Å². The lowest BCUT2D eigenvalue weighted by molar-refractivity contribution is 0.157. The van der Waals surface area contributed by atoms with Crippen LogP contribution in [0, 0.1) is 5.92 Å². The highest BCUT2D eigenvalue weighted by atomic mass is 16.5. The predicted molar refractivity (Wildman–Crippen MR) is 95.9 cm³/mol. The first kappa shape index (κ1) is 16.9. The number of pyridine rings is 1. The van der Waals surface area contributed by atoms with E-state index in [1.54, 1.807) is 7.11 Å². The van der Waals surface area contributed by atoms with E-state index in [0.29, 0.717) is 12.0 Å². The number of aromatic nitrogens is 1. The molecule has 1 N–H and O–H groups in total. The molecule has 1 aromatic carbocycles. The number of hydrogen-bond acceptors (Lipinski definition) is 4. The summed E-state index contributed by atoms with van der Waals surface area (Å²) in [5.41, 5.74) is 3.54. The largest absolute Gasteiger partial charge is 0.496 e. The molecule has 2 heterocycles. The molecule has 0 aliphatic carbocycles. The van der Waals surface area contributed by atoms with Gasteiger partial charge in [0.15, 0.2) is 0 Å². The first-order valence-corrected chi connectivity index (χ1v) is 8.69. The van der Waals surface area contributed by atoms with Gasteiger partial charge >= 0.3 is 0 Å². The van der Waals surface area contributed by atoms with Crippen molar-refractivity contribution in [2.75, 3.05) is 20.3 Å². The number of methoxy groups -OCH3 is 1. The summed E-state index contributed by atoms with van der Waals surface area (Å²) in [4.78, 5) is 6.57. The van der Waals surface area contributed by atoms with Gasteiger partial charge in [-0.25, -0.2) is 0 Å². The smallest absolute Gasteiger partial charge is 0.123 e. The van der Waals surface area contributed by atoms with Crippen molar-refractivity contribution in [1.29, 1.82) is 0 Å². The summed E-state index contributed by atoms with van der Waals surface area (Å²) in [6, 6.07) is 10.9. The summed E-state index contributed by atoms with van der Waals surface area (Å²) in [5.74, 6) is 1.32. The highest BCUT2D eigenvalue weighted by Gasteiger charge is 2.32. The van der Waals surface area contributed by atoms with E-state index in [1.807, 2.05) is 30.6 Å². The van der Waals surface area contributed by atoms with Crippen molar-refractivity contribution in [3.63, 3.8) is 0 Å². The zero-order chi connectivity index (χ0) is 16.9. The Bertz CT molecular complexity index is 660. The summed E-state index contributed by atoms with van der Waals surface area (Å²) < 4.78 is 5.58. The van der Waals surface area contributed by atoms with Gasteiger partial charge in [-0.2, -0.15) is 0 Å². The van der Waals surface area contributed by atoms with Crippen LogP contribution < -0.4 is 4.74 Å². The monoisotopic (exact) mass is 326 g/mol. The molecule has 24 heavy (non-hydrogen) atoms. The van der Waals surface area contributed by atoms with Gasteiger partial charge < -0.3 is 9.84 Å². The van der Waals surface area contributed by atoms with Gasteiger partial charge in [0.1, 0.15) is 5.75 Å². The summed E-state index contributed by atoms with van der Waals surface area (Å²) in [6.07, 6.45) is 5.77. The van der Waals surface area contributed by atoms with E-state index < -0.39 is 0 Å². The predicted octanol–water partition coefficient (Wildman–Crippen LogP) is 3.35. The molecule has 0 saturated carbocycles. The SMILES string of the molecule is CCC1C(CO)CCN1Cc1cc(-c2ccncc2)ccc1OC. The molecular weight excluding hydrogens is 300 g/mol. The minimum Gasteiger partial charge on any atom is -0.496 e. The average molecular weight is 326 g/mol. The number of nitrogens with zero attached hydrogens (tertiary/aromatic N) is 2. The van der Waals surface area contributed by atoms with Crippen LogP contribution in [0.25, 0.3) is 11.1 Å². The van der Waals surface area contributed by atoms with Crippen LogP contribution in [0.3, 0.4) is 0 Å². The lowest BCUT2D eigenvalue weighted by Gasteiger charge is -2.27. The molecule has 1 aliphatic heterocycles. The highest BCUT2D eigenvalue weighted by molar-refractivity contribution is 5.65. The summed E-state index contributed by atoms with van der Waals surface area (Å²) in [5, 5.41) is 9.59. The van der Waals surface area contributed by atoms with Crippen molar-refractivity contribution in [1.82, 2.24) is 9.88 Å². The van der Waals surface area contributed by atoms with E-state index in [0.717, 1.165) is 37.2 Å². The third-order valence-electron chi connectivity index (χ3n) is 5.12. The molecule has 1 saturated heterocycles. The van der Waals surface area contributed by atoms with E-state index in [1.165, 1.54) is 11.1 Å². The normalized spacial score (nSPS) is 21.1. The lowest BCUT2D eigenvalue weighted by Crippen LogP contribution is -2.33. The molecule has 2 unspecified atom stereocenters. The molecule has 0 bridgehead atoms. The number of benzene rings is 1. The zero-order valence-electron chi connectivity index (χ0n) is 14.5. The quantitative estimate of drug-likeness (QED) is 0.884. The number of hydrogen-bond donors (Lipinski definition) is 1. The van der Waals surface area contributed by atoms with E-state index in [-0.39, 0.29) is 6.61 Å². The summed E-state index contributed by atoms with van der Waals surface area (Å²) >= 11 is 0. The number of ether oxygens (including phenoxy) is 1. The van der Waals surface area contributed by atoms with Crippen LogP contribution in [0.15, 0.2) is 42.7 Å². The van der Waals surface area contributed by atoms with Gasteiger partial charge in [-0.3, -0.25) is 9.88 Å². The maximum atomic E-state index is 9.59. The van der Waals surface area contributed by atoms with E-state index in [2.05, 4.69) is 28.9 Å². The topological polar surface area (TPSA) is 45.6 Å². The highest BCUT2D eigenvalue weighted by Crippen LogP contribution is 2.32. The molecule has 0 amide bonds. The Kier molecular flexibility index (Phi) is 5.48. The van der Waals surface area contributed by atoms with Crippen LogP contribution in [0.5, 0.6) is 5.75 Å². The van der Waals surface area contributed by atoms with E-state index in [9.17, 15) is 5.11 Å². The van der Waals surface area contributed by atoms with Gasteiger partial charge in [0.05, 0.1) is 7.11 Å². The van der Waals surface area contributed by atoms with E-state index >= 15 is 0 Å². The van der Waals surface area contributed by atoms with Gasteiger partial charge in [0.25, 0.3) is 0 Å². The molecule has 2 atom stereocenters. The first-order chi connectivity index (χ1) is 11.8. The molecule has 1 aliphatic rings. The Morgan fingerprint density at radius 1 is 1.21 bits per heavy atom. The van der Waals surface area contributed by atoms with Crippen molar-refractivity contribution in [3.05, 3.63) is 48.3 Å². The van der Waals surface area contributed by atoms with Crippen LogP contribution in [0.4, 0.5) is 0 Å². The fraction of sp³-hybridized carbons (Fsp3) is 0.450. The Balaban J connectivity index is 1.86. The fourth-order valence-electron chi connectivity index (χ4n) is 3.83. The van der Waals surface area contributed by atoms with Crippen LogP contribution in [-0.2, 0) is 6.54 Å². The number of likely N-dealkylation sites (tertiary alicyclic amines) is 1. The number of rotatable bonds is 6.